The van der Waals surface area contributed by atoms with Crippen molar-refractivity contribution < 1.29 is 4.79 Å². The molecule has 0 bridgehead atoms. The van der Waals surface area contributed by atoms with E-state index in [1.807, 2.05) is 6.07 Å². The number of Topliss-reactive ketones (excluding diaryl/α,β-unsaturated/α-hetero) is 1. The molecule has 1 saturated carbocycles. The van der Waals surface area contributed by atoms with E-state index in [9.17, 15) is 4.79 Å². The van der Waals surface area contributed by atoms with Gasteiger partial charge in [-0.15, -0.1) is 11.3 Å². The Morgan fingerprint density at radius 1 is 1.33 bits per heavy atom. The highest BCUT2D eigenvalue weighted by atomic mass is 35.5. The van der Waals surface area contributed by atoms with Crippen molar-refractivity contribution >= 4 is 28.7 Å². The Balaban J connectivity index is 2.02. The van der Waals surface area contributed by atoms with Gasteiger partial charge in [0.25, 0.3) is 0 Å². The average molecular weight is 244 g/mol. The third-order valence-electron chi connectivity index (χ3n) is 2.96. The van der Waals surface area contributed by atoms with Crippen LogP contribution in [0.5, 0.6) is 0 Å². The summed E-state index contributed by atoms with van der Waals surface area (Å²) in [7, 11) is 0. The van der Waals surface area contributed by atoms with Crippen molar-refractivity contribution in [3.8, 4) is 0 Å². The maximum Gasteiger partial charge on any atom is 0.175 e. The summed E-state index contributed by atoms with van der Waals surface area (Å²) in [6, 6.07) is 3.90. The smallest absolute Gasteiger partial charge is 0.175 e. The SMILES string of the molecule is NC1CCC(C(=O)c2ccc(Cl)s2)CC1. The van der Waals surface area contributed by atoms with Crippen molar-refractivity contribution in [3.63, 3.8) is 0 Å². The topological polar surface area (TPSA) is 43.1 Å². The van der Waals surface area contributed by atoms with Crippen LogP contribution in [0.25, 0.3) is 0 Å². The summed E-state index contributed by atoms with van der Waals surface area (Å²) >= 11 is 7.19. The van der Waals surface area contributed by atoms with E-state index in [4.69, 9.17) is 17.3 Å². The van der Waals surface area contributed by atoms with Gasteiger partial charge in [0.1, 0.15) is 0 Å². The summed E-state index contributed by atoms with van der Waals surface area (Å²) in [5.41, 5.74) is 5.81. The Bertz CT molecular complexity index is 355. The lowest BCUT2D eigenvalue weighted by Crippen LogP contribution is -2.29. The van der Waals surface area contributed by atoms with Gasteiger partial charge in [-0.25, -0.2) is 0 Å². The van der Waals surface area contributed by atoms with Crippen LogP contribution >= 0.6 is 22.9 Å². The zero-order valence-electron chi connectivity index (χ0n) is 8.41. The summed E-state index contributed by atoms with van der Waals surface area (Å²) in [5.74, 6) is 0.415. The molecule has 0 aliphatic heterocycles. The molecule has 0 unspecified atom stereocenters. The molecule has 1 aliphatic rings. The maximum atomic E-state index is 12.0. The third kappa shape index (κ3) is 2.60. The fourth-order valence-electron chi connectivity index (χ4n) is 2.03. The molecule has 0 atom stereocenters. The first kappa shape index (κ1) is 11.1. The van der Waals surface area contributed by atoms with Gasteiger partial charge >= 0.3 is 0 Å². The molecule has 1 heterocycles. The molecule has 0 spiro atoms. The first-order valence-corrected chi connectivity index (χ1v) is 6.41. The van der Waals surface area contributed by atoms with Gasteiger partial charge in [-0.1, -0.05) is 11.6 Å². The van der Waals surface area contributed by atoms with Gasteiger partial charge in [0.05, 0.1) is 9.21 Å². The van der Waals surface area contributed by atoms with Crippen LogP contribution in [0.15, 0.2) is 12.1 Å². The van der Waals surface area contributed by atoms with E-state index < -0.39 is 0 Å². The minimum atomic E-state index is 0.166. The van der Waals surface area contributed by atoms with E-state index >= 15 is 0 Å². The molecule has 2 N–H and O–H groups in total. The molecule has 82 valence electrons. The standard InChI is InChI=1S/C11H14ClNOS/c12-10-6-5-9(15-10)11(14)7-1-3-8(13)4-2-7/h5-8H,1-4,13H2. The summed E-state index contributed by atoms with van der Waals surface area (Å²) in [5, 5.41) is 0. The van der Waals surface area contributed by atoms with Crippen molar-refractivity contribution in [2.24, 2.45) is 11.7 Å². The lowest BCUT2D eigenvalue weighted by atomic mass is 9.83. The normalized spacial score (nSPS) is 26.5. The van der Waals surface area contributed by atoms with Crippen molar-refractivity contribution in [2.45, 2.75) is 31.7 Å². The summed E-state index contributed by atoms with van der Waals surface area (Å²) in [6.45, 7) is 0. The number of carbonyl (C=O) groups excluding carboxylic acids is 1. The second kappa shape index (κ2) is 4.64. The molecular formula is C11H14ClNOS. The molecule has 0 saturated heterocycles. The monoisotopic (exact) mass is 243 g/mol. The highest BCUT2D eigenvalue weighted by molar-refractivity contribution is 7.18. The predicted molar refractivity (Wildman–Crippen MR) is 63.6 cm³/mol. The van der Waals surface area contributed by atoms with E-state index in [0.29, 0.717) is 10.4 Å². The van der Waals surface area contributed by atoms with Crippen LogP contribution in [0.4, 0.5) is 0 Å². The Morgan fingerprint density at radius 2 is 2.00 bits per heavy atom. The molecule has 0 amide bonds. The van der Waals surface area contributed by atoms with E-state index in [2.05, 4.69) is 0 Å². The largest absolute Gasteiger partial charge is 0.328 e. The average Bonchev–Trinajstić information content (AvgIpc) is 2.65. The van der Waals surface area contributed by atoms with E-state index in [0.717, 1.165) is 30.6 Å². The molecule has 1 aromatic heterocycles. The van der Waals surface area contributed by atoms with Crippen LogP contribution in [0.3, 0.4) is 0 Å². The number of halogens is 1. The van der Waals surface area contributed by atoms with E-state index in [1.165, 1.54) is 11.3 Å². The zero-order chi connectivity index (χ0) is 10.8. The Labute approximate surface area is 98.4 Å². The number of hydrogen-bond acceptors (Lipinski definition) is 3. The van der Waals surface area contributed by atoms with Gasteiger partial charge in [-0.2, -0.15) is 0 Å². The van der Waals surface area contributed by atoms with Gasteiger partial charge in [0.2, 0.25) is 0 Å². The molecule has 15 heavy (non-hydrogen) atoms. The lowest BCUT2D eigenvalue weighted by molar-refractivity contribution is 0.0889. The van der Waals surface area contributed by atoms with Crippen LogP contribution in [-0.2, 0) is 0 Å². The predicted octanol–water partition coefficient (Wildman–Crippen LogP) is 3.10. The number of carbonyl (C=O) groups is 1. The Kier molecular flexibility index (Phi) is 3.44. The lowest BCUT2D eigenvalue weighted by Gasteiger charge is -2.24. The first-order chi connectivity index (χ1) is 7.16. The zero-order valence-corrected chi connectivity index (χ0v) is 9.98. The highest BCUT2D eigenvalue weighted by Crippen LogP contribution is 2.30. The van der Waals surface area contributed by atoms with Gasteiger partial charge in [-0.05, 0) is 37.8 Å². The van der Waals surface area contributed by atoms with Crippen LogP contribution in [0.1, 0.15) is 35.4 Å². The van der Waals surface area contributed by atoms with Crippen LogP contribution in [-0.4, -0.2) is 11.8 Å². The molecule has 2 nitrogen and oxygen atoms in total. The van der Waals surface area contributed by atoms with Crippen LogP contribution in [0, 0.1) is 5.92 Å². The molecule has 1 aromatic rings. The quantitative estimate of drug-likeness (QED) is 0.812. The maximum absolute atomic E-state index is 12.0. The van der Waals surface area contributed by atoms with Crippen LogP contribution < -0.4 is 5.73 Å². The molecule has 1 fully saturated rings. The molecular weight excluding hydrogens is 230 g/mol. The third-order valence-corrected chi connectivity index (χ3v) is 4.20. The molecule has 0 radical (unpaired) electrons. The summed E-state index contributed by atoms with van der Waals surface area (Å²) in [4.78, 5) is 12.8. The molecule has 1 aliphatic carbocycles. The van der Waals surface area contributed by atoms with E-state index in [-0.39, 0.29) is 11.7 Å². The molecule has 0 aromatic carbocycles. The summed E-state index contributed by atoms with van der Waals surface area (Å²) in [6.07, 6.45) is 3.79. The Hall–Kier alpha value is -0.380. The number of ketones is 1. The van der Waals surface area contributed by atoms with Gasteiger partial charge in [0.15, 0.2) is 5.78 Å². The van der Waals surface area contributed by atoms with Crippen molar-refractivity contribution in [3.05, 3.63) is 21.3 Å². The first-order valence-electron chi connectivity index (χ1n) is 5.22. The fourth-order valence-corrected chi connectivity index (χ4v) is 3.09. The minimum Gasteiger partial charge on any atom is -0.328 e. The number of thiophene rings is 1. The van der Waals surface area contributed by atoms with Gasteiger partial charge in [0, 0.05) is 12.0 Å². The number of nitrogens with two attached hydrogens (primary N) is 1. The Morgan fingerprint density at radius 3 is 2.53 bits per heavy atom. The van der Waals surface area contributed by atoms with Crippen molar-refractivity contribution in [2.75, 3.05) is 0 Å². The second-order valence-corrected chi connectivity index (χ2v) is 5.79. The van der Waals surface area contributed by atoms with Crippen molar-refractivity contribution in [1.82, 2.24) is 0 Å². The number of hydrogen-bond donors (Lipinski definition) is 1. The second-order valence-electron chi connectivity index (χ2n) is 4.08. The minimum absolute atomic E-state index is 0.166. The van der Waals surface area contributed by atoms with Crippen molar-refractivity contribution in [1.29, 1.82) is 0 Å². The van der Waals surface area contributed by atoms with Crippen LogP contribution in [0.2, 0.25) is 4.34 Å². The van der Waals surface area contributed by atoms with E-state index in [1.54, 1.807) is 6.07 Å². The van der Waals surface area contributed by atoms with Gasteiger partial charge in [-0.3, -0.25) is 4.79 Å². The molecule has 4 heteroatoms. The van der Waals surface area contributed by atoms with Gasteiger partial charge < -0.3 is 5.73 Å². The number of rotatable bonds is 2. The fraction of sp³-hybridized carbons (Fsp3) is 0.545. The summed E-state index contributed by atoms with van der Waals surface area (Å²) < 4.78 is 0.686. The molecule has 2 rings (SSSR count). The highest BCUT2D eigenvalue weighted by Gasteiger charge is 2.26.